The van der Waals surface area contributed by atoms with Crippen molar-refractivity contribution in [1.82, 2.24) is 4.98 Å². The van der Waals surface area contributed by atoms with Gasteiger partial charge in [0.25, 0.3) is 0 Å². The smallest absolute Gasteiger partial charge is 0.248 e. The Morgan fingerprint density at radius 1 is 1.35 bits per heavy atom. The fraction of sp³-hybridized carbons (Fsp3) is 0.583. The maximum Gasteiger partial charge on any atom is 0.248 e. The molecule has 0 spiro atoms. The summed E-state index contributed by atoms with van der Waals surface area (Å²) in [5.74, 6) is -2.25. The zero-order chi connectivity index (χ0) is 12.5. The van der Waals surface area contributed by atoms with Crippen molar-refractivity contribution in [2.24, 2.45) is 5.92 Å². The van der Waals surface area contributed by atoms with Gasteiger partial charge >= 0.3 is 0 Å². The van der Waals surface area contributed by atoms with E-state index in [-0.39, 0.29) is 23.6 Å². The zero-order valence-electron chi connectivity index (χ0n) is 9.17. The molecule has 1 aromatic rings. The van der Waals surface area contributed by atoms with Crippen molar-refractivity contribution in [3.05, 3.63) is 29.0 Å². The van der Waals surface area contributed by atoms with Crippen LogP contribution in [0.2, 0.25) is 5.02 Å². The fourth-order valence-corrected chi connectivity index (χ4v) is 3.06. The molecule has 2 rings (SSSR count). The molecule has 1 nitrogen and oxygen atoms in total. The quantitative estimate of drug-likeness (QED) is 0.698. The average molecular weight is 325 g/mol. The maximum atomic E-state index is 13.0. The Bertz CT molecular complexity index is 373. The maximum absolute atomic E-state index is 13.0. The van der Waals surface area contributed by atoms with Crippen LogP contribution in [0.25, 0.3) is 0 Å². The minimum absolute atomic E-state index is 0.0205. The van der Waals surface area contributed by atoms with Gasteiger partial charge in [-0.3, -0.25) is 4.98 Å². The van der Waals surface area contributed by atoms with Gasteiger partial charge in [-0.15, -0.1) is 0 Å². The minimum atomic E-state index is -2.48. The molecule has 1 unspecified atom stereocenters. The van der Waals surface area contributed by atoms with Gasteiger partial charge in [-0.2, -0.15) is 0 Å². The molecule has 0 saturated heterocycles. The van der Waals surface area contributed by atoms with Crippen LogP contribution in [0, 0.1) is 5.92 Å². The number of hydrogen-bond donors (Lipinski definition) is 0. The Morgan fingerprint density at radius 2 is 2.00 bits per heavy atom. The van der Waals surface area contributed by atoms with Crippen LogP contribution in [-0.4, -0.2) is 10.9 Å². The Hall–Kier alpha value is -0.220. The number of rotatable bonds is 2. The highest BCUT2D eigenvalue weighted by Crippen LogP contribution is 2.44. The minimum Gasteiger partial charge on any atom is -0.259 e. The lowest BCUT2D eigenvalue weighted by molar-refractivity contribution is -0.0458. The molecule has 1 atom stereocenters. The Balaban J connectivity index is 2.01. The normalized spacial score (nSPS) is 22.4. The van der Waals surface area contributed by atoms with Crippen LogP contribution in [0.15, 0.2) is 18.3 Å². The molecule has 0 amide bonds. The molecule has 1 aromatic heterocycles. The molecule has 5 heteroatoms. The van der Waals surface area contributed by atoms with Crippen molar-refractivity contribution >= 4 is 27.5 Å². The summed E-state index contributed by atoms with van der Waals surface area (Å²) in [5.41, 5.74) is 0.865. The van der Waals surface area contributed by atoms with Crippen molar-refractivity contribution in [3.8, 4) is 0 Å². The van der Waals surface area contributed by atoms with Gasteiger partial charge in [0.1, 0.15) is 0 Å². The summed E-state index contributed by atoms with van der Waals surface area (Å²) in [6.45, 7) is 0. The number of nitrogens with zero attached hydrogens (tertiary/aromatic N) is 1. The summed E-state index contributed by atoms with van der Waals surface area (Å²) in [6.07, 6.45) is 2.61. The van der Waals surface area contributed by atoms with E-state index in [2.05, 4.69) is 20.9 Å². The van der Waals surface area contributed by atoms with Crippen molar-refractivity contribution < 1.29 is 8.78 Å². The van der Waals surface area contributed by atoms with E-state index in [1.165, 1.54) is 0 Å². The van der Waals surface area contributed by atoms with E-state index in [1.54, 1.807) is 12.3 Å². The van der Waals surface area contributed by atoms with E-state index < -0.39 is 5.92 Å². The molecular weight excluding hydrogens is 311 g/mol. The lowest BCUT2D eigenvalue weighted by Gasteiger charge is -2.30. The van der Waals surface area contributed by atoms with E-state index >= 15 is 0 Å². The van der Waals surface area contributed by atoms with Crippen LogP contribution >= 0.6 is 27.5 Å². The van der Waals surface area contributed by atoms with Crippen LogP contribution < -0.4 is 0 Å². The van der Waals surface area contributed by atoms with Gasteiger partial charge in [0, 0.05) is 19.0 Å². The molecule has 94 valence electrons. The Morgan fingerprint density at radius 3 is 2.53 bits per heavy atom. The second-order valence-corrected chi connectivity index (χ2v) is 5.92. The monoisotopic (exact) mass is 323 g/mol. The van der Waals surface area contributed by atoms with Gasteiger partial charge in [0.15, 0.2) is 0 Å². The molecule has 1 heterocycles. The van der Waals surface area contributed by atoms with E-state index in [0.29, 0.717) is 17.9 Å². The van der Waals surface area contributed by atoms with Crippen LogP contribution in [0.5, 0.6) is 0 Å². The Labute approximate surface area is 113 Å². The molecule has 17 heavy (non-hydrogen) atoms. The van der Waals surface area contributed by atoms with Gasteiger partial charge in [-0.25, -0.2) is 8.78 Å². The molecular formula is C12H13BrClF2N. The average Bonchev–Trinajstić information content (AvgIpc) is 2.29. The predicted octanol–water partition coefficient (Wildman–Crippen LogP) is 5.00. The summed E-state index contributed by atoms with van der Waals surface area (Å²) in [4.78, 5) is 4.26. The highest BCUT2D eigenvalue weighted by atomic mass is 79.9. The van der Waals surface area contributed by atoms with Crippen LogP contribution in [0.3, 0.4) is 0 Å². The molecule has 1 fully saturated rings. The molecule has 1 aliphatic carbocycles. The SMILES string of the molecule is FC1(F)CCC(C(Br)c2ccc(Cl)cn2)CC1. The second-order valence-electron chi connectivity index (χ2n) is 4.50. The molecule has 0 N–H and O–H groups in total. The Kier molecular flexibility index (Phi) is 4.03. The van der Waals surface area contributed by atoms with Gasteiger partial charge in [0.05, 0.1) is 15.5 Å². The van der Waals surface area contributed by atoms with Gasteiger partial charge < -0.3 is 0 Å². The standard InChI is InChI=1S/C12H13BrClF2N/c13-11(10-2-1-9(14)7-17-10)8-3-5-12(15,16)6-4-8/h1-2,7-8,11H,3-6H2. The summed E-state index contributed by atoms with van der Waals surface area (Å²) in [7, 11) is 0. The fourth-order valence-electron chi connectivity index (χ4n) is 2.15. The third-order valence-corrected chi connectivity index (χ3v) is 4.65. The third kappa shape index (κ3) is 3.38. The highest BCUT2D eigenvalue weighted by Gasteiger charge is 2.37. The van der Waals surface area contributed by atoms with Crippen molar-refractivity contribution in [3.63, 3.8) is 0 Å². The lowest BCUT2D eigenvalue weighted by Crippen LogP contribution is -2.26. The van der Waals surface area contributed by atoms with Crippen molar-refractivity contribution in [2.45, 2.75) is 36.4 Å². The summed E-state index contributed by atoms with van der Waals surface area (Å²) in [5, 5.41) is 0.587. The zero-order valence-corrected chi connectivity index (χ0v) is 11.5. The van der Waals surface area contributed by atoms with Gasteiger partial charge in [-0.1, -0.05) is 27.5 Å². The van der Waals surface area contributed by atoms with E-state index in [0.717, 1.165) is 5.69 Å². The van der Waals surface area contributed by atoms with Crippen LogP contribution in [0.4, 0.5) is 8.78 Å². The highest BCUT2D eigenvalue weighted by molar-refractivity contribution is 9.09. The topological polar surface area (TPSA) is 12.9 Å². The lowest BCUT2D eigenvalue weighted by atomic mass is 9.84. The van der Waals surface area contributed by atoms with Gasteiger partial charge in [0.2, 0.25) is 5.92 Å². The van der Waals surface area contributed by atoms with E-state index in [4.69, 9.17) is 11.6 Å². The molecule has 0 aromatic carbocycles. The number of alkyl halides is 3. The number of aromatic nitrogens is 1. The number of halogens is 4. The summed E-state index contributed by atoms with van der Waals surface area (Å²) in [6, 6.07) is 3.62. The number of pyridine rings is 1. The number of hydrogen-bond acceptors (Lipinski definition) is 1. The predicted molar refractivity (Wildman–Crippen MR) is 67.8 cm³/mol. The van der Waals surface area contributed by atoms with Crippen molar-refractivity contribution in [2.75, 3.05) is 0 Å². The molecule has 1 aliphatic rings. The summed E-state index contributed by atoms with van der Waals surface area (Å²) >= 11 is 9.32. The van der Waals surface area contributed by atoms with E-state index in [9.17, 15) is 8.78 Å². The van der Waals surface area contributed by atoms with Crippen molar-refractivity contribution in [1.29, 1.82) is 0 Å². The largest absolute Gasteiger partial charge is 0.259 e. The summed E-state index contributed by atoms with van der Waals surface area (Å²) < 4.78 is 26.1. The third-order valence-electron chi connectivity index (χ3n) is 3.21. The molecule has 1 saturated carbocycles. The molecule has 0 bridgehead atoms. The molecule has 0 radical (unpaired) electrons. The second kappa shape index (κ2) is 5.19. The van der Waals surface area contributed by atoms with Crippen LogP contribution in [-0.2, 0) is 0 Å². The molecule has 0 aliphatic heterocycles. The first kappa shape index (κ1) is 13.2. The van der Waals surface area contributed by atoms with Crippen LogP contribution in [0.1, 0.15) is 36.2 Å². The first-order valence-corrected chi connectivity index (χ1v) is 6.91. The first-order valence-electron chi connectivity index (χ1n) is 5.61. The van der Waals surface area contributed by atoms with E-state index in [1.807, 2.05) is 6.07 Å². The first-order chi connectivity index (χ1) is 7.98. The van der Waals surface area contributed by atoms with Gasteiger partial charge in [-0.05, 0) is 30.9 Å².